The second-order valence-corrected chi connectivity index (χ2v) is 2.94. The Kier molecular flexibility index (Phi) is 1.85. The summed E-state index contributed by atoms with van der Waals surface area (Å²) in [5.74, 6) is 0.838. The molecule has 0 aliphatic rings. The van der Waals surface area contributed by atoms with Crippen LogP contribution in [0.25, 0.3) is 11.1 Å². The van der Waals surface area contributed by atoms with E-state index < -0.39 is 0 Å². The van der Waals surface area contributed by atoms with Gasteiger partial charge >= 0.3 is 0 Å². The number of hydrogen-bond acceptors (Lipinski definition) is 3. The molecule has 2 heterocycles. The van der Waals surface area contributed by atoms with Crippen molar-refractivity contribution in [3.05, 3.63) is 36.0 Å². The first-order valence-corrected chi connectivity index (χ1v) is 4.12. The lowest BCUT2D eigenvalue weighted by molar-refractivity contribution is 0.393. The first-order valence-electron chi connectivity index (χ1n) is 4.12. The van der Waals surface area contributed by atoms with Crippen LogP contribution in [0.2, 0.25) is 0 Å². The molecule has 0 N–H and O–H groups in total. The number of nitrogens with zero attached hydrogens (tertiary/aromatic N) is 2. The molecule has 0 atom stereocenters. The van der Waals surface area contributed by atoms with Gasteiger partial charge < -0.3 is 4.52 Å². The van der Waals surface area contributed by atoms with Gasteiger partial charge in [-0.1, -0.05) is 11.2 Å². The molecule has 0 aliphatic heterocycles. The number of hydrogen-bond donors (Lipinski definition) is 0. The molecule has 3 heteroatoms. The summed E-state index contributed by atoms with van der Waals surface area (Å²) >= 11 is 0. The highest BCUT2D eigenvalue weighted by molar-refractivity contribution is 5.66. The fourth-order valence-electron chi connectivity index (χ4n) is 1.41. The average Bonchev–Trinajstić information content (AvgIpc) is 2.48. The van der Waals surface area contributed by atoms with Gasteiger partial charge in [-0.05, 0) is 19.9 Å². The SMILES string of the molecule is Cc1noc(C)c1-c1cccnc1. The van der Waals surface area contributed by atoms with Crippen molar-refractivity contribution in [2.75, 3.05) is 0 Å². The molecule has 0 unspecified atom stereocenters. The lowest BCUT2D eigenvalue weighted by Crippen LogP contribution is -1.82. The summed E-state index contributed by atoms with van der Waals surface area (Å²) in [6.45, 7) is 3.83. The van der Waals surface area contributed by atoms with Crippen LogP contribution in [0.1, 0.15) is 11.5 Å². The zero-order valence-electron chi connectivity index (χ0n) is 7.61. The van der Waals surface area contributed by atoms with Gasteiger partial charge in [0.2, 0.25) is 0 Å². The van der Waals surface area contributed by atoms with Gasteiger partial charge in [0.25, 0.3) is 0 Å². The molecule has 0 fully saturated rings. The Morgan fingerprint density at radius 3 is 2.69 bits per heavy atom. The van der Waals surface area contributed by atoms with Crippen molar-refractivity contribution in [3.8, 4) is 11.1 Å². The molecular formula is C10H10N2O. The minimum Gasteiger partial charge on any atom is -0.361 e. The predicted molar refractivity (Wildman–Crippen MR) is 49.2 cm³/mol. The lowest BCUT2D eigenvalue weighted by atomic mass is 10.1. The van der Waals surface area contributed by atoms with E-state index >= 15 is 0 Å². The Hall–Kier alpha value is -1.64. The van der Waals surface area contributed by atoms with E-state index in [9.17, 15) is 0 Å². The molecule has 0 amide bonds. The van der Waals surface area contributed by atoms with Crippen LogP contribution in [0.4, 0.5) is 0 Å². The Balaban J connectivity index is 2.59. The van der Waals surface area contributed by atoms with E-state index in [4.69, 9.17) is 4.52 Å². The third-order valence-corrected chi connectivity index (χ3v) is 1.98. The monoisotopic (exact) mass is 174 g/mol. The lowest BCUT2D eigenvalue weighted by Gasteiger charge is -1.97. The van der Waals surface area contributed by atoms with Crippen LogP contribution < -0.4 is 0 Å². The van der Waals surface area contributed by atoms with Crippen molar-refractivity contribution in [2.24, 2.45) is 0 Å². The van der Waals surface area contributed by atoms with E-state index in [0.29, 0.717) is 0 Å². The van der Waals surface area contributed by atoms with E-state index in [1.165, 1.54) is 0 Å². The zero-order valence-corrected chi connectivity index (χ0v) is 7.61. The summed E-state index contributed by atoms with van der Waals surface area (Å²) in [6.07, 6.45) is 3.56. The van der Waals surface area contributed by atoms with Crippen molar-refractivity contribution < 1.29 is 4.52 Å². The van der Waals surface area contributed by atoms with Crippen molar-refractivity contribution in [1.82, 2.24) is 10.1 Å². The second kappa shape index (κ2) is 3.01. The molecule has 0 radical (unpaired) electrons. The Labute approximate surface area is 76.4 Å². The fourth-order valence-corrected chi connectivity index (χ4v) is 1.41. The van der Waals surface area contributed by atoms with Crippen LogP contribution >= 0.6 is 0 Å². The molecule has 0 saturated heterocycles. The highest BCUT2D eigenvalue weighted by Gasteiger charge is 2.10. The molecule has 3 nitrogen and oxygen atoms in total. The molecule has 66 valence electrons. The van der Waals surface area contributed by atoms with Crippen LogP contribution in [0.3, 0.4) is 0 Å². The zero-order chi connectivity index (χ0) is 9.26. The van der Waals surface area contributed by atoms with E-state index in [1.807, 2.05) is 32.2 Å². The van der Waals surface area contributed by atoms with Gasteiger partial charge in [-0.3, -0.25) is 4.98 Å². The first-order chi connectivity index (χ1) is 6.29. The summed E-state index contributed by atoms with van der Waals surface area (Å²) in [7, 11) is 0. The predicted octanol–water partition coefficient (Wildman–Crippen LogP) is 2.35. The highest BCUT2D eigenvalue weighted by atomic mass is 16.5. The van der Waals surface area contributed by atoms with Gasteiger partial charge in [-0.2, -0.15) is 0 Å². The smallest absolute Gasteiger partial charge is 0.141 e. The maximum absolute atomic E-state index is 5.07. The standard InChI is InChI=1S/C10H10N2O/c1-7-10(8(2)13-12-7)9-4-3-5-11-6-9/h3-6H,1-2H3. The van der Waals surface area contributed by atoms with Crippen molar-refractivity contribution in [2.45, 2.75) is 13.8 Å². The second-order valence-electron chi connectivity index (χ2n) is 2.94. The van der Waals surface area contributed by atoms with Gasteiger partial charge in [-0.15, -0.1) is 0 Å². The topological polar surface area (TPSA) is 38.9 Å². The van der Waals surface area contributed by atoms with Crippen LogP contribution in [0.5, 0.6) is 0 Å². The van der Waals surface area contributed by atoms with Crippen LogP contribution in [-0.4, -0.2) is 10.1 Å². The Morgan fingerprint density at radius 1 is 1.31 bits per heavy atom. The largest absolute Gasteiger partial charge is 0.361 e. The summed E-state index contributed by atoms with van der Waals surface area (Å²) < 4.78 is 5.07. The fraction of sp³-hybridized carbons (Fsp3) is 0.200. The van der Waals surface area contributed by atoms with E-state index in [1.54, 1.807) is 6.20 Å². The Morgan fingerprint density at radius 2 is 2.15 bits per heavy atom. The maximum atomic E-state index is 5.07. The quantitative estimate of drug-likeness (QED) is 0.666. The third-order valence-electron chi connectivity index (χ3n) is 1.98. The first kappa shape index (κ1) is 7.98. The third kappa shape index (κ3) is 1.33. The number of aromatic nitrogens is 2. The molecular weight excluding hydrogens is 164 g/mol. The molecule has 2 aromatic heterocycles. The van der Waals surface area contributed by atoms with Crippen molar-refractivity contribution in [3.63, 3.8) is 0 Å². The van der Waals surface area contributed by atoms with Crippen LogP contribution in [0, 0.1) is 13.8 Å². The van der Waals surface area contributed by atoms with Gasteiger partial charge in [0, 0.05) is 23.5 Å². The van der Waals surface area contributed by atoms with Gasteiger partial charge in [0.05, 0.1) is 5.69 Å². The summed E-state index contributed by atoms with van der Waals surface area (Å²) in [6, 6.07) is 3.90. The van der Waals surface area contributed by atoms with Gasteiger partial charge in [0.1, 0.15) is 5.76 Å². The average molecular weight is 174 g/mol. The number of rotatable bonds is 1. The molecule has 0 spiro atoms. The van der Waals surface area contributed by atoms with Gasteiger partial charge in [-0.25, -0.2) is 0 Å². The minimum absolute atomic E-state index is 0.838. The molecule has 0 aliphatic carbocycles. The molecule has 13 heavy (non-hydrogen) atoms. The Bertz CT molecular complexity index is 387. The normalized spacial score (nSPS) is 10.3. The van der Waals surface area contributed by atoms with Crippen LogP contribution in [-0.2, 0) is 0 Å². The number of pyridine rings is 1. The number of aryl methyl sites for hydroxylation is 2. The van der Waals surface area contributed by atoms with E-state index in [2.05, 4.69) is 10.1 Å². The maximum Gasteiger partial charge on any atom is 0.141 e. The molecule has 2 rings (SSSR count). The summed E-state index contributed by atoms with van der Waals surface area (Å²) in [5, 5.41) is 3.89. The van der Waals surface area contributed by atoms with Crippen LogP contribution in [0.15, 0.2) is 29.0 Å². The molecule has 0 saturated carbocycles. The molecule has 0 aromatic carbocycles. The van der Waals surface area contributed by atoms with Gasteiger partial charge in [0.15, 0.2) is 0 Å². The van der Waals surface area contributed by atoms with Crippen molar-refractivity contribution >= 4 is 0 Å². The minimum atomic E-state index is 0.838. The molecule has 0 bridgehead atoms. The van der Waals surface area contributed by atoms with Crippen molar-refractivity contribution in [1.29, 1.82) is 0 Å². The van der Waals surface area contributed by atoms with E-state index in [0.717, 1.165) is 22.6 Å². The molecule has 2 aromatic rings. The van der Waals surface area contributed by atoms with E-state index in [-0.39, 0.29) is 0 Å². The summed E-state index contributed by atoms with van der Waals surface area (Å²) in [4.78, 5) is 4.05. The summed E-state index contributed by atoms with van der Waals surface area (Å²) in [5.41, 5.74) is 3.01. The highest BCUT2D eigenvalue weighted by Crippen LogP contribution is 2.25.